The zero-order valence-electron chi connectivity index (χ0n) is 19.8. The Morgan fingerprint density at radius 2 is 1.67 bits per heavy atom. The highest BCUT2D eigenvalue weighted by Gasteiger charge is 2.33. The van der Waals surface area contributed by atoms with Crippen molar-refractivity contribution in [2.45, 2.75) is 26.8 Å². The third kappa shape index (κ3) is 4.50. The summed E-state index contributed by atoms with van der Waals surface area (Å²) >= 11 is 0. The van der Waals surface area contributed by atoms with Crippen molar-refractivity contribution in [3.05, 3.63) is 46.7 Å². The van der Waals surface area contributed by atoms with E-state index in [1.165, 1.54) is 17.4 Å². The van der Waals surface area contributed by atoms with E-state index in [9.17, 15) is 9.90 Å². The number of quaternary nitrogens is 1. The van der Waals surface area contributed by atoms with E-state index in [-0.39, 0.29) is 17.3 Å². The van der Waals surface area contributed by atoms with Gasteiger partial charge in [-0.15, -0.1) is 0 Å². The van der Waals surface area contributed by atoms with Crippen molar-refractivity contribution in [3.63, 3.8) is 0 Å². The zero-order chi connectivity index (χ0) is 23.7. The minimum atomic E-state index is -0.251. The van der Waals surface area contributed by atoms with Crippen LogP contribution in [0.15, 0.2) is 30.0 Å². The molecule has 2 heterocycles. The summed E-state index contributed by atoms with van der Waals surface area (Å²) in [6.07, 6.45) is 2.82. The van der Waals surface area contributed by atoms with Crippen LogP contribution in [0.25, 0.3) is 6.08 Å². The van der Waals surface area contributed by atoms with E-state index in [4.69, 9.17) is 18.9 Å². The van der Waals surface area contributed by atoms with Gasteiger partial charge < -0.3 is 29.0 Å². The van der Waals surface area contributed by atoms with Crippen LogP contribution in [0, 0.1) is 11.8 Å². The van der Waals surface area contributed by atoms with Crippen LogP contribution >= 0.6 is 0 Å². The Balaban J connectivity index is 1.68. The van der Waals surface area contributed by atoms with Crippen molar-refractivity contribution in [2.75, 3.05) is 34.4 Å². The second kappa shape index (κ2) is 9.35. The Labute approximate surface area is 194 Å². The molecule has 0 radical (unpaired) electrons. The van der Waals surface area contributed by atoms with Crippen LogP contribution in [-0.2, 0) is 6.54 Å². The van der Waals surface area contributed by atoms with Crippen LogP contribution in [0.5, 0.6) is 28.7 Å². The maximum atomic E-state index is 13.1. The monoisotopic (exact) mass is 453 g/mol. The lowest BCUT2D eigenvalue weighted by Gasteiger charge is -2.33. The third-order valence-electron chi connectivity index (χ3n) is 6.43. The predicted molar refractivity (Wildman–Crippen MR) is 122 cm³/mol. The summed E-state index contributed by atoms with van der Waals surface area (Å²) < 4.78 is 22.2. The summed E-state index contributed by atoms with van der Waals surface area (Å²) in [7, 11) is 4.63. The molecule has 7 nitrogen and oxygen atoms in total. The largest absolute Gasteiger partial charge is 0.872 e. The van der Waals surface area contributed by atoms with Crippen LogP contribution in [0.3, 0.4) is 0 Å². The van der Waals surface area contributed by atoms with Crippen molar-refractivity contribution in [1.82, 2.24) is 0 Å². The summed E-state index contributed by atoms with van der Waals surface area (Å²) in [6.45, 7) is 7.07. The molecule has 1 N–H and O–H groups in total. The van der Waals surface area contributed by atoms with Crippen LogP contribution in [0.2, 0.25) is 0 Å². The molecule has 0 bridgehead atoms. The number of ketones is 1. The molecule has 4 rings (SSSR count). The van der Waals surface area contributed by atoms with E-state index in [0.717, 1.165) is 13.1 Å². The molecule has 2 unspecified atom stereocenters. The second-order valence-corrected chi connectivity index (χ2v) is 9.09. The maximum absolute atomic E-state index is 13.1. The molecule has 0 amide bonds. The van der Waals surface area contributed by atoms with Gasteiger partial charge in [0.05, 0.1) is 40.0 Å². The van der Waals surface area contributed by atoms with Gasteiger partial charge in [0.2, 0.25) is 5.78 Å². The Morgan fingerprint density at radius 1 is 1.03 bits per heavy atom. The summed E-state index contributed by atoms with van der Waals surface area (Å²) in [5.41, 5.74) is 1.60. The van der Waals surface area contributed by atoms with E-state index in [0.29, 0.717) is 58.1 Å². The summed E-state index contributed by atoms with van der Waals surface area (Å²) in [6, 6.07) is 6.46. The molecule has 0 saturated carbocycles. The third-order valence-corrected chi connectivity index (χ3v) is 6.43. The fourth-order valence-corrected chi connectivity index (χ4v) is 5.08. The molecule has 1 saturated heterocycles. The zero-order valence-corrected chi connectivity index (χ0v) is 19.8. The van der Waals surface area contributed by atoms with Crippen molar-refractivity contribution < 1.29 is 33.7 Å². The van der Waals surface area contributed by atoms with Gasteiger partial charge in [0.25, 0.3) is 0 Å². The Bertz CT molecular complexity index is 1080. The van der Waals surface area contributed by atoms with Gasteiger partial charge in [0.1, 0.15) is 18.0 Å². The Hall–Kier alpha value is -3.19. The number of carbonyl (C=O) groups is 1. The number of benzene rings is 2. The minimum Gasteiger partial charge on any atom is -0.872 e. The average Bonchev–Trinajstić information content (AvgIpc) is 3.10. The number of hydrogen-bond acceptors (Lipinski definition) is 6. The number of rotatable bonds is 6. The van der Waals surface area contributed by atoms with E-state index in [1.54, 1.807) is 45.6 Å². The first-order valence-corrected chi connectivity index (χ1v) is 11.2. The smallest absolute Gasteiger partial charge is 0.231 e. The number of allylic oxidation sites excluding steroid dienone is 1. The van der Waals surface area contributed by atoms with Gasteiger partial charge in [0, 0.05) is 29.0 Å². The minimum absolute atomic E-state index is 0.0927. The lowest BCUT2D eigenvalue weighted by molar-refractivity contribution is -0.925. The number of likely N-dealkylation sites (tertiary alicyclic amines) is 1. The summed E-state index contributed by atoms with van der Waals surface area (Å²) in [4.78, 5) is 14.5. The lowest BCUT2D eigenvalue weighted by Crippen LogP contribution is -3.13. The molecule has 7 heteroatoms. The van der Waals surface area contributed by atoms with Crippen LogP contribution in [0.1, 0.15) is 41.8 Å². The highest BCUT2D eigenvalue weighted by molar-refractivity contribution is 6.15. The van der Waals surface area contributed by atoms with Gasteiger partial charge in [-0.05, 0) is 24.6 Å². The van der Waals surface area contributed by atoms with E-state index < -0.39 is 0 Å². The fraction of sp³-hybridized carbons (Fsp3) is 0.423. The highest BCUT2D eigenvalue weighted by atomic mass is 16.5. The van der Waals surface area contributed by atoms with Crippen LogP contribution in [0.4, 0.5) is 0 Å². The predicted octanol–water partition coefficient (Wildman–Crippen LogP) is 2.46. The molecule has 176 valence electrons. The molecule has 2 aliphatic rings. The second-order valence-electron chi connectivity index (χ2n) is 9.09. The lowest BCUT2D eigenvalue weighted by atomic mass is 9.91. The van der Waals surface area contributed by atoms with Gasteiger partial charge in [-0.2, -0.15) is 0 Å². The first kappa shape index (κ1) is 23.0. The number of hydrogen-bond donors (Lipinski definition) is 1. The quantitative estimate of drug-likeness (QED) is 0.677. The fourth-order valence-electron chi connectivity index (χ4n) is 5.08. The number of piperidine rings is 1. The maximum Gasteiger partial charge on any atom is 0.231 e. The van der Waals surface area contributed by atoms with Gasteiger partial charge in [-0.3, -0.25) is 4.79 Å². The average molecular weight is 454 g/mol. The van der Waals surface area contributed by atoms with E-state index >= 15 is 0 Å². The molecule has 2 aromatic carbocycles. The molecule has 2 atom stereocenters. The Kier molecular flexibility index (Phi) is 6.51. The summed E-state index contributed by atoms with van der Waals surface area (Å²) in [5, 5.41) is 12.8. The number of ether oxygens (including phenoxy) is 4. The van der Waals surface area contributed by atoms with Gasteiger partial charge in [-0.25, -0.2) is 0 Å². The van der Waals surface area contributed by atoms with Crippen LogP contribution in [-0.4, -0.2) is 40.2 Å². The van der Waals surface area contributed by atoms with Crippen molar-refractivity contribution >= 4 is 11.9 Å². The molecule has 0 aliphatic carbocycles. The number of methoxy groups -OCH3 is 3. The van der Waals surface area contributed by atoms with Gasteiger partial charge in [0.15, 0.2) is 17.3 Å². The first-order chi connectivity index (χ1) is 15.8. The van der Waals surface area contributed by atoms with Crippen LogP contribution < -0.4 is 29.0 Å². The highest BCUT2D eigenvalue weighted by Crippen LogP contribution is 2.40. The number of nitrogens with one attached hydrogen (secondary N) is 1. The molecular formula is C26H31NO6. The molecule has 0 spiro atoms. The molecule has 1 fully saturated rings. The first-order valence-electron chi connectivity index (χ1n) is 11.2. The molecular weight excluding hydrogens is 422 g/mol. The number of carbonyl (C=O) groups excluding carboxylic acids is 1. The van der Waals surface area contributed by atoms with Crippen molar-refractivity contribution in [1.29, 1.82) is 0 Å². The normalized spacial score (nSPS) is 23.2. The molecule has 0 aromatic heterocycles. The molecule has 2 aromatic rings. The van der Waals surface area contributed by atoms with Gasteiger partial charge in [-0.1, -0.05) is 25.7 Å². The topological polar surface area (TPSA) is 81.5 Å². The van der Waals surface area contributed by atoms with Crippen molar-refractivity contribution in [2.24, 2.45) is 11.8 Å². The van der Waals surface area contributed by atoms with Gasteiger partial charge >= 0.3 is 0 Å². The molecule has 33 heavy (non-hydrogen) atoms. The van der Waals surface area contributed by atoms with E-state index in [2.05, 4.69) is 13.8 Å². The Morgan fingerprint density at radius 3 is 2.30 bits per heavy atom. The van der Waals surface area contributed by atoms with Crippen molar-refractivity contribution in [3.8, 4) is 28.7 Å². The standard InChI is InChI=1S/C26H31NO6/c1-15-8-16(2)13-27(12-15)14-19-20(28)7-6-18-25(29)24(33-26(18)19)10-17-9-22(31-4)23(32-5)11-21(17)30-3/h6-7,9-11,15-16,28H,8,12-14H2,1-5H3/b24-10-. The van der Waals surface area contributed by atoms with E-state index in [1.807, 2.05) is 0 Å². The SMILES string of the molecule is COc1cc(OC)c(OC)cc1/C=C1\Oc2c(ccc([O-])c2C[NH+]2CC(C)CC(C)C2)C1=O. The summed E-state index contributed by atoms with van der Waals surface area (Å²) in [5.74, 6) is 2.94. The number of fused-ring (bicyclic) bond motifs is 1. The number of Topliss-reactive ketones (excluding diaryl/α,β-unsaturated/α-hetero) is 1. The molecule has 2 aliphatic heterocycles.